The molecule has 0 radical (unpaired) electrons. The van der Waals surface area contributed by atoms with Gasteiger partial charge in [-0.2, -0.15) is 0 Å². The predicted molar refractivity (Wildman–Crippen MR) is 65.4 cm³/mol. The van der Waals surface area contributed by atoms with Crippen LogP contribution in [0.15, 0.2) is 6.07 Å². The molecule has 0 saturated heterocycles. The topological polar surface area (TPSA) is 26.0 Å². The van der Waals surface area contributed by atoms with E-state index < -0.39 is 0 Å². The van der Waals surface area contributed by atoms with Crippen LogP contribution in [0.3, 0.4) is 0 Å². The molecule has 0 saturated carbocycles. The van der Waals surface area contributed by atoms with Crippen LogP contribution >= 0.6 is 11.6 Å². The second-order valence-electron chi connectivity index (χ2n) is 4.54. The number of aryl methyl sites for hydroxylation is 1. The lowest BCUT2D eigenvalue weighted by atomic mass is 9.91. The van der Waals surface area contributed by atoms with Gasteiger partial charge in [0.1, 0.15) is 0 Å². The summed E-state index contributed by atoms with van der Waals surface area (Å²) in [6, 6.07) is 2.26. The molecular weight excluding hydrogens is 206 g/mol. The van der Waals surface area contributed by atoms with Crippen LogP contribution in [0, 0.1) is 13.8 Å². The zero-order valence-electron chi connectivity index (χ0n) is 9.44. The monoisotopic (exact) mass is 223 g/mol. The van der Waals surface area contributed by atoms with Crippen molar-refractivity contribution < 1.29 is 0 Å². The minimum absolute atomic E-state index is 0.180. The van der Waals surface area contributed by atoms with E-state index in [0.717, 1.165) is 17.9 Å². The van der Waals surface area contributed by atoms with Gasteiger partial charge in [0, 0.05) is 11.1 Å². The Bertz CT molecular complexity index is 385. The Kier molecular flexibility index (Phi) is 3.03. The third kappa shape index (κ3) is 1.91. The van der Waals surface area contributed by atoms with E-state index in [0.29, 0.717) is 0 Å². The highest BCUT2D eigenvalue weighted by Gasteiger charge is 2.20. The zero-order valence-corrected chi connectivity index (χ0v) is 10.2. The van der Waals surface area contributed by atoms with E-state index >= 15 is 0 Å². The summed E-state index contributed by atoms with van der Waals surface area (Å²) < 4.78 is 0. The maximum atomic E-state index is 6.23. The molecule has 1 unspecified atom stereocenters. The van der Waals surface area contributed by atoms with Gasteiger partial charge in [-0.15, -0.1) is 0 Å². The van der Waals surface area contributed by atoms with Gasteiger partial charge in [0.2, 0.25) is 0 Å². The summed E-state index contributed by atoms with van der Waals surface area (Å²) in [5, 5.41) is 0.864. The first-order chi connectivity index (χ1) is 7.11. The van der Waals surface area contributed by atoms with Gasteiger partial charge in [-0.25, -0.2) is 0 Å². The predicted octanol–water partition coefficient (Wildman–Crippen LogP) is 3.68. The lowest BCUT2D eigenvalue weighted by Crippen LogP contribution is -2.13. The molecular formula is C13H18ClN. The maximum absolute atomic E-state index is 6.23. The third-order valence-electron chi connectivity index (χ3n) is 3.47. The van der Waals surface area contributed by atoms with E-state index in [-0.39, 0.29) is 6.04 Å². The minimum atomic E-state index is 0.180. The number of halogens is 1. The van der Waals surface area contributed by atoms with Crippen LogP contribution < -0.4 is 5.73 Å². The van der Waals surface area contributed by atoms with Crippen molar-refractivity contribution in [2.45, 2.75) is 45.6 Å². The van der Waals surface area contributed by atoms with Gasteiger partial charge < -0.3 is 5.73 Å². The van der Waals surface area contributed by atoms with E-state index in [4.69, 9.17) is 17.3 Å². The first kappa shape index (κ1) is 11.0. The summed E-state index contributed by atoms with van der Waals surface area (Å²) in [4.78, 5) is 0. The molecule has 82 valence electrons. The van der Waals surface area contributed by atoms with Gasteiger partial charge in [-0.05, 0) is 61.4 Å². The Morgan fingerprint density at radius 3 is 2.80 bits per heavy atom. The molecule has 1 aromatic rings. The molecule has 1 aliphatic rings. The van der Waals surface area contributed by atoms with Crippen LogP contribution in [0.5, 0.6) is 0 Å². The van der Waals surface area contributed by atoms with E-state index in [1.807, 2.05) is 0 Å². The highest BCUT2D eigenvalue weighted by atomic mass is 35.5. The molecule has 2 heteroatoms. The van der Waals surface area contributed by atoms with Crippen molar-refractivity contribution in [3.05, 3.63) is 33.3 Å². The lowest BCUT2D eigenvalue weighted by molar-refractivity contribution is 0.613. The van der Waals surface area contributed by atoms with Crippen LogP contribution in [0.2, 0.25) is 5.02 Å². The summed E-state index contributed by atoms with van der Waals surface area (Å²) in [6.45, 7) is 4.23. The smallest absolute Gasteiger partial charge is 0.0441 e. The standard InChI is InChI=1S/C13H18ClN/c1-8-7-11(14)9(2)13-10(8)5-3-4-6-12(13)15/h7,12H,3-6,15H2,1-2H3. The number of benzene rings is 1. The second kappa shape index (κ2) is 4.15. The Morgan fingerprint density at radius 2 is 2.07 bits per heavy atom. The summed E-state index contributed by atoms with van der Waals surface area (Å²) in [6.07, 6.45) is 4.73. The fourth-order valence-electron chi connectivity index (χ4n) is 2.60. The van der Waals surface area contributed by atoms with Gasteiger partial charge >= 0.3 is 0 Å². The van der Waals surface area contributed by atoms with Gasteiger partial charge in [-0.1, -0.05) is 18.0 Å². The van der Waals surface area contributed by atoms with Gasteiger partial charge in [0.25, 0.3) is 0 Å². The summed E-state index contributed by atoms with van der Waals surface area (Å²) in [7, 11) is 0. The second-order valence-corrected chi connectivity index (χ2v) is 4.95. The first-order valence-corrected chi connectivity index (χ1v) is 6.03. The van der Waals surface area contributed by atoms with E-state index in [1.54, 1.807) is 0 Å². The van der Waals surface area contributed by atoms with E-state index in [1.165, 1.54) is 35.1 Å². The molecule has 1 aromatic carbocycles. The van der Waals surface area contributed by atoms with E-state index in [9.17, 15) is 0 Å². The molecule has 0 amide bonds. The number of rotatable bonds is 0. The van der Waals surface area contributed by atoms with Gasteiger partial charge in [0.05, 0.1) is 0 Å². The fraction of sp³-hybridized carbons (Fsp3) is 0.538. The Morgan fingerprint density at radius 1 is 1.33 bits per heavy atom. The molecule has 0 aromatic heterocycles. The number of nitrogens with two attached hydrogens (primary N) is 1. The van der Waals surface area contributed by atoms with Crippen molar-refractivity contribution in [3.8, 4) is 0 Å². The van der Waals surface area contributed by atoms with Gasteiger partial charge in [-0.3, -0.25) is 0 Å². The molecule has 15 heavy (non-hydrogen) atoms. The molecule has 0 heterocycles. The van der Waals surface area contributed by atoms with Crippen LogP contribution in [0.25, 0.3) is 0 Å². The largest absolute Gasteiger partial charge is 0.324 e. The molecule has 1 nitrogen and oxygen atoms in total. The molecule has 2 rings (SSSR count). The average molecular weight is 224 g/mol. The molecule has 0 bridgehead atoms. The van der Waals surface area contributed by atoms with Crippen LogP contribution in [-0.2, 0) is 6.42 Å². The number of hydrogen-bond donors (Lipinski definition) is 1. The van der Waals surface area contributed by atoms with E-state index in [2.05, 4.69) is 19.9 Å². The average Bonchev–Trinajstić information content (AvgIpc) is 2.37. The summed E-state index contributed by atoms with van der Waals surface area (Å²) >= 11 is 6.21. The van der Waals surface area contributed by atoms with Crippen LogP contribution in [0.1, 0.15) is 47.6 Å². The Labute approximate surface area is 96.6 Å². The van der Waals surface area contributed by atoms with Crippen molar-refractivity contribution in [2.75, 3.05) is 0 Å². The van der Waals surface area contributed by atoms with Gasteiger partial charge in [0.15, 0.2) is 0 Å². The SMILES string of the molecule is Cc1cc(Cl)c(C)c2c1CCCCC2N. The quantitative estimate of drug-likeness (QED) is 0.668. The normalized spacial score (nSPS) is 20.9. The van der Waals surface area contributed by atoms with Crippen molar-refractivity contribution in [2.24, 2.45) is 5.73 Å². The summed E-state index contributed by atoms with van der Waals surface area (Å²) in [5.74, 6) is 0. The maximum Gasteiger partial charge on any atom is 0.0441 e. The zero-order chi connectivity index (χ0) is 11.0. The molecule has 1 atom stereocenters. The van der Waals surface area contributed by atoms with Crippen molar-refractivity contribution >= 4 is 11.6 Å². The van der Waals surface area contributed by atoms with Crippen molar-refractivity contribution in [1.82, 2.24) is 0 Å². The summed E-state index contributed by atoms with van der Waals surface area (Å²) in [5.41, 5.74) is 11.5. The highest BCUT2D eigenvalue weighted by molar-refractivity contribution is 6.31. The molecule has 2 N–H and O–H groups in total. The fourth-order valence-corrected chi connectivity index (χ4v) is 2.86. The van der Waals surface area contributed by atoms with Crippen molar-refractivity contribution in [3.63, 3.8) is 0 Å². The van der Waals surface area contributed by atoms with Crippen LogP contribution in [-0.4, -0.2) is 0 Å². The number of hydrogen-bond acceptors (Lipinski definition) is 1. The molecule has 1 aliphatic carbocycles. The van der Waals surface area contributed by atoms with Crippen LogP contribution in [0.4, 0.5) is 0 Å². The highest BCUT2D eigenvalue weighted by Crippen LogP contribution is 2.35. The molecule has 0 aliphatic heterocycles. The lowest BCUT2D eigenvalue weighted by Gasteiger charge is -2.19. The Balaban J connectivity index is 2.63. The number of fused-ring (bicyclic) bond motifs is 1. The van der Waals surface area contributed by atoms with Crippen molar-refractivity contribution in [1.29, 1.82) is 0 Å². The first-order valence-electron chi connectivity index (χ1n) is 5.65. The molecule has 0 spiro atoms. The molecule has 0 fully saturated rings. The minimum Gasteiger partial charge on any atom is -0.324 e. The third-order valence-corrected chi connectivity index (χ3v) is 3.86. The Hall–Kier alpha value is -0.530.